The van der Waals surface area contributed by atoms with Crippen molar-refractivity contribution >= 4 is 22.9 Å². The van der Waals surface area contributed by atoms with Gasteiger partial charge in [-0.1, -0.05) is 67.6 Å². The van der Waals surface area contributed by atoms with Crippen molar-refractivity contribution < 1.29 is 0 Å². The van der Waals surface area contributed by atoms with Gasteiger partial charge in [-0.2, -0.15) is 0 Å². The van der Waals surface area contributed by atoms with Crippen LogP contribution in [0.3, 0.4) is 0 Å². The quantitative estimate of drug-likeness (QED) is 0.676. The third-order valence-corrected chi connectivity index (χ3v) is 3.35. The smallest absolute Gasteiger partial charge is 0.194 e. The third kappa shape index (κ3) is 1.78. The molecular weight excluding hydrogens is 220 g/mol. The van der Waals surface area contributed by atoms with E-state index in [0.29, 0.717) is 5.92 Å². The third-order valence-electron chi connectivity index (χ3n) is 3.35. The summed E-state index contributed by atoms with van der Waals surface area (Å²) in [6, 6.07) is 11.8. The topological polar surface area (TPSA) is 17.1 Å². The van der Waals surface area contributed by atoms with Gasteiger partial charge < -0.3 is 0 Å². The Morgan fingerprint density at radius 1 is 0.944 bits per heavy atom. The molecule has 1 unspecified atom stereocenters. The van der Waals surface area contributed by atoms with Crippen LogP contribution in [0.15, 0.2) is 53.3 Å². The lowest BCUT2D eigenvalue weighted by atomic mass is 10.1. The lowest BCUT2D eigenvalue weighted by molar-refractivity contribution is 0.954. The van der Waals surface area contributed by atoms with Gasteiger partial charge in [0.1, 0.15) is 0 Å². The molecule has 0 heterocycles. The first kappa shape index (κ1) is 11.0. The summed E-state index contributed by atoms with van der Waals surface area (Å²) >= 11 is 0. The van der Waals surface area contributed by atoms with Gasteiger partial charge in [-0.05, 0) is 16.9 Å². The molecule has 0 amide bonds. The van der Waals surface area contributed by atoms with Crippen molar-refractivity contribution in [3.05, 3.63) is 69.9 Å². The molecule has 0 N–H and O–H groups in total. The molecule has 0 saturated heterocycles. The summed E-state index contributed by atoms with van der Waals surface area (Å²) in [5.74, 6) is 0.369. The van der Waals surface area contributed by atoms with Crippen molar-refractivity contribution in [3.63, 3.8) is 0 Å². The molecule has 0 saturated carbocycles. The number of hydrogen-bond donors (Lipinski definition) is 0. The maximum absolute atomic E-state index is 12.5. The second-order valence-corrected chi connectivity index (χ2v) is 4.70. The van der Waals surface area contributed by atoms with Gasteiger partial charge in [0.2, 0.25) is 0 Å². The van der Waals surface area contributed by atoms with E-state index in [-0.39, 0.29) is 5.43 Å². The summed E-state index contributed by atoms with van der Waals surface area (Å²) in [7, 11) is 0. The summed E-state index contributed by atoms with van der Waals surface area (Å²) in [5.41, 5.74) is 1.90. The van der Waals surface area contributed by atoms with Crippen LogP contribution in [-0.4, -0.2) is 0 Å². The molecule has 0 bridgehead atoms. The molecule has 0 radical (unpaired) electrons. The van der Waals surface area contributed by atoms with Gasteiger partial charge in [-0.25, -0.2) is 0 Å². The Hall–Kier alpha value is -2.15. The molecule has 1 atom stereocenters. The maximum atomic E-state index is 12.5. The highest BCUT2D eigenvalue weighted by Gasteiger charge is 2.07. The molecule has 1 aliphatic rings. The maximum Gasteiger partial charge on any atom is 0.194 e. The fourth-order valence-corrected chi connectivity index (χ4v) is 2.28. The Balaban J connectivity index is 2.45. The van der Waals surface area contributed by atoms with Gasteiger partial charge >= 0.3 is 0 Å². The molecule has 2 aromatic rings. The zero-order chi connectivity index (χ0) is 12.5. The van der Waals surface area contributed by atoms with Crippen molar-refractivity contribution in [2.45, 2.75) is 6.92 Å². The second kappa shape index (κ2) is 4.26. The van der Waals surface area contributed by atoms with Gasteiger partial charge in [-0.3, -0.25) is 4.79 Å². The van der Waals surface area contributed by atoms with Crippen LogP contribution in [0.25, 0.3) is 22.9 Å². The predicted molar refractivity (Wildman–Crippen MR) is 77.5 cm³/mol. The van der Waals surface area contributed by atoms with Crippen LogP contribution in [0.4, 0.5) is 0 Å². The fraction of sp³-hybridized carbons (Fsp3) is 0.118. The average Bonchev–Trinajstić information content (AvgIpc) is 2.65. The van der Waals surface area contributed by atoms with Crippen molar-refractivity contribution in [1.82, 2.24) is 0 Å². The first-order valence-corrected chi connectivity index (χ1v) is 6.18. The van der Waals surface area contributed by atoms with E-state index >= 15 is 0 Å². The summed E-state index contributed by atoms with van der Waals surface area (Å²) in [4.78, 5) is 12.5. The normalized spacial score (nSPS) is 17.5. The molecule has 88 valence electrons. The lowest BCUT2D eigenvalue weighted by Gasteiger charge is -1.93. The van der Waals surface area contributed by atoms with Crippen LogP contribution in [0.1, 0.15) is 18.1 Å². The molecule has 3 rings (SSSR count). The Morgan fingerprint density at radius 3 is 2.61 bits per heavy atom. The summed E-state index contributed by atoms with van der Waals surface area (Å²) in [5, 5.41) is 1.77. The largest absolute Gasteiger partial charge is 0.289 e. The highest BCUT2D eigenvalue weighted by Crippen LogP contribution is 2.19. The first-order chi connectivity index (χ1) is 8.75. The van der Waals surface area contributed by atoms with Crippen LogP contribution >= 0.6 is 0 Å². The number of fused-ring (bicyclic) bond motifs is 2. The molecule has 0 aliphatic heterocycles. The van der Waals surface area contributed by atoms with Gasteiger partial charge in [0.15, 0.2) is 5.43 Å². The predicted octanol–water partition coefficient (Wildman–Crippen LogP) is 3.88. The molecule has 1 aliphatic carbocycles. The van der Waals surface area contributed by atoms with Gasteiger partial charge in [0.05, 0.1) is 0 Å². The molecule has 2 aromatic carbocycles. The van der Waals surface area contributed by atoms with E-state index < -0.39 is 0 Å². The number of rotatable bonds is 0. The molecular formula is C17H14O. The molecule has 1 nitrogen and oxygen atoms in total. The van der Waals surface area contributed by atoms with E-state index in [1.54, 1.807) is 0 Å². The van der Waals surface area contributed by atoms with Crippen molar-refractivity contribution in [3.8, 4) is 0 Å². The molecule has 0 aromatic heterocycles. The Morgan fingerprint density at radius 2 is 1.72 bits per heavy atom. The van der Waals surface area contributed by atoms with Crippen LogP contribution in [0, 0.1) is 5.92 Å². The van der Waals surface area contributed by atoms with Crippen molar-refractivity contribution in [1.29, 1.82) is 0 Å². The zero-order valence-corrected chi connectivity index (χ0v) is 10.3. The van der Waals surface area contributed by atoms with Crippen molar-refractivity contribution in [2.24, 2.45) is 5.92 Å². The standard InChI is InChI=1S/C17H14O/c1-12-6-8-14-10-9-13-4-2-3-5-15(13)17(18)16(14)11-7-12/h2-12H,1H3. The van der Waals surface area contributed by atoms with Gasteiger partial charge in [0, 0.05) is 10.9 Å². The molecule has 0 spiro atoms. The Kier molecular flexibility index (Phi) is 2.60. The van der Waals surface area contributed by atoms with Gasteiger partial charge in [0.25, 0.3) is 0 Å². The molecule has 0 fully saturated rings. The highest BCUT2D eigenvalue weighted by molar-refractivity contribution is 5.85. The molecule has 18 heavy (non-hydrogen) atoms. The van der Waals surface area contributed by atoms with Crippen LogP contribution < -0.4 is 5.43 Å². The van der Waals surface area contributed by atoms with E-state index in [2.05, 4.69) is 19.1 Å². The minimum atomic E-state index is 0.112. The number of hydrogen-bond acceptors (Lipinski definition) is 1. The van der Waals surface area contributed by atoms with E-state index in [9.17, 15) is 4.79 Å². The SMILES string of the molecule is CC1C=Cc2ccc3ccccc3c(=O)c2C=C1. The minimum Gasteiger partial charge on any atom is -0.289 e. The Bertz CT molecular complexity index is 723. The van der Waals surface area contributed by atoms with E-state index in [4.69, 9.17) is 0 Å². The minimum absolute atomic E-state index is 0.112. The van der Waals surface area contributed by atoms with E-state index in [1.165, 1.54) is 0 Å². The van der Waals surface area contributed by atoms with Crippen LogP contribution in [0.2, 0.25) is 0 Å². The number of benzene rings is 1. The zero-order valence-electron chi connectivity index (χ0n) is 10.3. The lowest BCUT2D eigenvalue weighted by Crippen LogP contribution is -2.03. The Labute approximate surface area is 106 Å². The van der Waals surface area contributed by atoms with E-state index in [1.807, 2.05) is 48.6 Å². The number of allylic oxidation sites excluding steroid dienone is 2. The highest BCUT2D eigenvalue weighted by atomic mass is 16.1. The first-order valence-electron chi connectivity index (χ1n) is 6.18. The fourth-order valence-electron chi connectivity index (χ4n) is 2.28. The van der Waals surface area contributed by atoms with Crippen LogP contribution in [-0.2, 0) is 0 Å². The van der Waals surface area contributed by atoms with Gasteiger partial charge in [-0.15, -0.1) is 0 Å². The molecule has 1 heteroatoms. The summed E-state index contributed by atoms with van der Waals surface area (Å²) < 4.78 is 0. The van der Waals surface area contributed by atoms with Crippen LogP contribution in [0.5, 0.6) is 0 Å². The average molecular weight is 234 g/mol. The summed E-state index contributed by atoms with van der Waals surface area (Å²) in [6.45, 7) is 2.11. The van der Waals surface area contributed by atoms with Crippen molar-refractivity contribution in [2.75, 3.05) is 0 Å². The summed E-state index contributed by atoms with van der Waals surface area (Å²) in [6.07, 6.45) is 8.18. The van der Waals surface area contributed by atoms with E-state index in [0.717, 1.165) is 21.9 Å². The monoisotopic (exact) mass is 234 g/mol. The second-order valence-electron chi connectivity index (χ2n) is 4.70.